The number of hydrogen-bond acceptors (Lipinski definition) is 5. The SMILES string of the molecule is N=C(N)c1cccc(CN2CCC(NS(=O)(=O)c3cc4ccccc4s3)C2=O)c1. The maximum atomic E-state index is 12.8. The van der Waals surface area contributed by atoms with Crippen molar-refractivity contribution in [1.82, 2.24) is 9.62 Å². The fraction of sp³-hybridized carbons (Fsp3) is 0.200. The molecule has 3 aromatic rings. The Bertz CT molecular complexity index is 1170. The van der Waals surface area contributed by atoms with Crippen molar-refractivity contribution in [2.75, 3.05) is 6.54 Å². The van der Waals surface area contributed by atoms with E-state index in [4.69, 9.17) is 11.1 Å². The van der Waals surface area contributed by atoms with E-state index < -0.39 is 16.1 Å². The zero-order chi connectivity index (χ0) is 20.6. The van der Waals surface area contributed by atoms with Crippen LogP contribution in [0.25, 0.3) is 10.1 Å². The van der Waals surface area contributed by atoms with Crippen molar-refractivity contribution in [3.8, 4) is 0 Å². The summed E-state index contributed by atoms with van der Waals surface area (Å²) in [5, 5.41) is 8.39. The molecule has 1 atom stereocenters. The first-order valence-corrected chi connectivity index (χ1v) is 11.4. The summed E-state index contributed by atoms with van der Waals surface area (Å²) in [5.41, 5.74) is 6.96. The van der Waals surface area contributed by atoms with E-state index in [1.807, 2.05) is 30.3 Å². The number of sulfonamides is 1. The van der Waals surface area contributed by atoms with Gasteiger partial charge in [0.05, 0.1) is 0 Å². The van der Waals surface area contributed by atoms with Crippen LogP contribution in [0.15, 0.2) is 58.8 Å². The Kier molecular flexibility index (Phi) is 5.12. The van der Waals surface area contributed by atoms with Crippen molar-refractivity contribution in [3.05, 3.63) is 65.7 Å². The Morgan fingerprint density at radius 3 is 2.76 bits per heavy atom. The minimum Gasteiger partial charge on any atom is -0.384 e. The van der Waals surface area contributed by atoms with Crippen LogP contribution in [-0.2, 0) is 21.4 Å². The number of amidine groups is 1. The van der Waals surface area contributed by atoms with Gasteiger partial charge in [-0.2, -0.15) is 4.72 Å². The predicted molar refractivity (Wildman–Crippen MR) is 113 cm³/mol. The molecule has 29 heavy (non-hydrogen) atoms. The van der Waals surface area contributed by atoms with E-state index in [1.165, 1.54) is 11.3 Å². The van der Waals surface area contributed by atoms with E-state index in [9.17, 15) is 13.2 Å². The fourth-order valence-electron chi connectivity index (χ4n) is 3.40. The summed E-state index contributed by atoms with van der Waals surface area (Å²) in [6, 6.07) is 15.5. The lowest BCUT2D eigenvalue weighted by molar-refractivity contribution is -0.129. The lowest BCUT2D eigenvalue weighted by Gasteiger charge is -2.17. The number of carbonyl (C=O) groups is 1. The lowest BCUT2D eigenvalue weighted by atomic mass is 10.1. The summed E-state index contributed by atoms with van der Waals surface area (Å²) in [4.78, 5) is 14.4. The van der Waals surface area contributed by atoms with E-state index in [0.29, 0.717) is 25.1 Å². The molecular weight excluding hydrogens is 408 g/mol. The smallest absolute Gasteiger partial charge is 0.250 e. The second-order valence-corrected chi connectivity index (χ2v) is 9.96. The first-order valence-electron chi connectivity index (χ1n) is 9.06. The van der Waals surface area contributed by atoms with Crippen molar-refractivity contribution in [2.45, 2.75) is 23.2 Å². The summed E-state index contributed by atoms with van der Waals surface area (Å²) >= 11 is 1.19. The average molecular weight is 429 g/mol. The standard InChI is InChI=1S/C20H20N4O3S2/c21-19(22)15-6-3-4-13(10-15)12-24-9-8-16(20(24)25)23-29(26,27)18-11-14-5-1-2-7-17(14)28-18/h1-7,10-11,16,23H,8-9,12H2,(H3,21,22). The van der Waals surface area contributed by atoms with Crippen molar-refractivity contribution >= 4 is 43.2 Å². The number of carbonyl (C=O) groups excluding carboxylic acids is 1. The highest BCUT2D eigenvalue weighted by molar-refractivity contribution is 7.91. The number of nitrogens with two attached hydrogens (primary N) is 1. The van der Waals surface area contributed by atoms with Gasteiger partial charge in [-0.25, -0.2) is 8.42 Å². The molecule has 2 aromatic carbocycles. The van der Waals surface area contributed by atoms with Crippen molar-refractivity contribution < 1.29 is 13.2 Å². The molecule has 0 spiro atoms. The highest BCUT2D eigenvalue weighted by Crippen LogP contribution is 2.29. The Labute approximate surface area is 172 Å². The molecule has 0 aliphatic carbocycles. The third-order valence-corrected chi connectivity index (χ3v) is 7.94. The largest absolute Gasteiger partial charge is 0.384 e. The van der Waals surface area contributed by atoms with Gasteiger partial charge in [0, 0.05) is 23.4 Å². The number of likely N-dealkylation sites (tertiary alicyclic amines) is 1. The molecule has 150 valence electrons. The first kappa shape index (κ1) is 19.6. The molecule has 0 bridgehead atoms. The zero-order valence-electron chi connectivity index (χ0n) is 15.5. The van der Waals surface area contributed by atoms with Crippen LogP contribution in [-0.4, -0.2) is 37.6 Å². The third-order valence-electron chi connectivity index (χ3n) is 4.87. The predicted octanol–water partition coefficient (Wildman–Crippen LogP) is 2.26. The first-order chi connectivity index (χ1) is 13.8. The molecule has 0 saturated carbocycles. The summed E-state index contributed by atoms with van der Waals surface area (Å²) in [5.74, 6) is -0.281. The van der Waals surface area contributed by atoms with Crippen LogP contribution in [0.4, 0.5) is 0 Å². The summed E-state index contributed by atoms with van der Waals surface area (Å²) in [6.45, 7) is 0.809. The summed E-state index contributed by atoms with van der Waals surface area (Å²) in [6.07, 6.45) is 0.412. The Balaban J connectivity index is 1.47. The highest BCUT2D eigenvalue weighted by atomic mass is 32.2. The van der Waals surface area contributed by atoms with Gasteiger partial charge < -0.3 is 10.6 Å². The van der Waals surface area contributed by atoms with Gasteiger partial charge in [-0.3, -0.25) is 10.2 Å². The van der Waals surface area contributed by atoms with Gasteiger partial charge in [-0.05, 0) is 35.6 Å². The molecule has 0 radical (unpaired) electrons. The molecule has 9 heteroatoms. The second-order valence-electron chi connectivity index (χ2n) is 6.94. The Morgan fingerprint density at radius 1 is 1.21 bits per heavy atom. The molecule has 1 aliphatic heterocycles. The Morgan fingerprint density at radius 2 is 2.00 bits per heavy atom. The number of nitrogens with one attached hydrogen (secondary N) is 2. The van der Waals surface area contributed by atoms with E-state index in [0.717, 1.165) is 15.6 Å². The number of fused-ring (bicyclic) bond motifs is 1. The maximum Gasteiger partial charge on any atom is 0.250 e. The number of amides is 1. The number of nitrogens with zero attached hydrogens (tertiary/aromatic N) is 1. The van der Waals surface area contributed by atoms with Crippen LogP contribution in [0.5, 0.6) is 0 Å². The van der Waals surface area contributed by atoms with Crippen molar-refractivity contribution in [3.63, 3.8) is 0 Å². The monoisotopic (exact) mass is 428 g/mol. The van der Waals surface area contributed by atoms with Crippen LogP contribution >= 0.6 is 11.3 Å². The molecule has 1 unspecified atom stereocenters. The van der Waals surface area contributed by atoms with Gasteiger partial charge in [0.25, 0.3) is 10.0 Å². The Hall–Kier alpha value is -2.75. The topological polar surface area (TPSA) is 116 Å². The molecule has 1 aliphatic rings. The molecule has 4 N–H and O–H groups in total. The number of thiophene rings is 1. The van der Waals surface area contributed by atoms with Crippen LogP contribution in [0.1, 0.15) is 17.5 Å². The molecule has 1 amide bonds. The van der Waals surface area contributed by atoms with Gasteiger partial charge in [0.15, 0.2) is 0 Å². The molecule has 4 rings (SSSR count). The van der Waals surface area contributed by atoms with Gasteiger partial charge >= 0.3 is 0 Å². The second kappa shape index (κ2) is 7.58. The van der Waals surface area contributed by atoms with Crippen LogP contribution in [0.2, 0.25) is 0 Å². The lowest BCUT2D eigenvalue weighted by Crippen LogP contribution is -2.41. The minimum atomic E-state index is -3.78. The summed E-state index contributed by atoms with van der Waals surface area (Å²) < 4.78 is 29.2. The molecule has 1 aromatic heterocycles. The molecule has 2 heterocycles. The molecule has 1 saturated heterocycles. The number of hydrogen-bond donors (Lipinski definition) is 3. The minimum absolute atomic E-state index is 0.0337. The van der Waals surface area contributed by atoms with Crippen molar-refractivity contribution in [1.29, 1.82) is 5.41 Å². The quantitative estimate of drug-likeness (QED) is 0.412. The number of rotatable bonds is 6. The maximum absolute atomic E-state index is 12.8. The molecule has 1 fully saturated rings. The van der Waals surface area contributed by atoms with Gasteiger partial charge in [0.2, 0.25) is 5.91 Å². The normalized spacial score (nSPS) is 17.2. The zero-order valence-corrected chi connectivity index (χ0v) is 17.1. The fourth-order valence-corrected chi connectivity index (χ4v) is 6.04. The van der Waals surface area contributed by atoms with E-state index in [2.05, 4.69) is 4.72 Å². The van der Waals surface area contributed by atoms with E-state index in [-0.39, 0.29) is 16.0 Å². The highest BCUT2D eigenvalue weighted by Gasteiger charge is 2.35. The van der Waals surface area contributed by atoms with Gasteiger partial charge in [-0.15, -0.1) is 11.3 Å². The summed E-state index contributed by atoms with van der Waals surface area (Å²) in [7, 11) is -3.78. The van der Waals surface area contributed by atoms with E-state index >= 15 is 0 Å². The van der Waals surface area contributed by atoms with Crippen molar-refractivity contribution in [2.24, 2.45) is 5.73 Å². The molecular formula is C20H20N4O3S2. The average Bonchev–Trinajstić information content (AvgIpc) is 3.27. The third kappa shape index (κ3) is 4.02. The van der Waals surface area contributed by atoms with Crippen LogP contribution < -0.4 is 10.5 Å². The number of benzene rings is 2. The van der Waals surface area contributed by atoms with E-state index in [1.54, 1.807) is 29.2 Å². The van der Waals surface area contributed by atoms with Crippen LogP contribution in [0, 0.1) is 5.41 Å². The van der Waals surface area contributed by atoms with Gasteiger partial charge in [0.1, 0.15) is 16.1 Å². The number of nitrogen functional groups attached to an aromatic ring is 1. The van der Waals surface area contributed by atoms with Gasteiger partial charge in [-0.1, -0.05) is 36.4 Å². The molecule has 7 nitrogen and oxygen atoms in total. The van der Waals surface area contributed by atoms with Crippen LogP contribution in [0.3, 0.4) is 0 Å².